The van der Waals surface area contributed by atoms with Gasteiger partial charge in [0.15, 0.2) is 9.84 Å². The summed E-state index contributed by atoms with van der Waals surface area (Å²) in [7, 11) is -3.35. The number of nitrogens with zero attached hydrogens (tertiary/aromatic N) is 2. The van der Waals surface area contributed by atoms with Crippen molar-refractivity contribution in [1.29, 1.82) is 0 Å². The first-order valence-electron chi connectivity index (χ1n) is 5.02. The maximum Gasteiger partial charge on any atom is 0.339 e. The molecule has 6 heteroatoms. The third kappa shape index (κ3) is 1.92. The van der Waals surface area contributed by atoms with Crippen molar-refractivity contribution in [2.45, 2.75) is 17.7 Å². The first kappa shape index (κ1) is 11.7. The van der Waals surface area contributed by atoms with Crippen molar-refractivity contribution in [2.75, 3.05) is 6.26 Å². The van der Waals surface area contributed by atoms with E-state index in [0.29, 0.717) is 17.5 Å². The molecule has 0 radical (unpaired) electrons. The molecule has 1 aromatic carbocycles. The van der Waals surface area contributed by atoms with Crippen LogP contribution in [0.1, 0.15) is 22.3 Å². The molecule has 1 aliphatic rings. The molecule has 0 aliphatic heterocycles. The minimum atomic E-state index is -3.35. The van der Waals surface area contributed by atoms with Gasteiger partial charge in [-0.05, 0) is 18.1 Å². The lowest BCUT2D eigenvalue weighted by Crippen LogP contribution is -2.25. The van der Waals surface area contributed by atoms with Crippen LogP contribution in [0.25, 0.3) is 5.53 Å². The average Bonchev–Trinajstić information content (AvgIpc) is 2.28. The Labute approximate surface area is 98.6 Å². The number of rotatable bonds is 1. The number of carbonyl (C=O) groups excluding carboxylic acids is 1. The minimum Gasteiger partial charge on any atom is -0.361 e. The van der Waals surface area contributed by atoms with Crippen LogP contribution in [-0.2, 0) is 16.3 Å². The SMILES string of the molecule is CS(=O)(=O)c1cccc2c1CCC(=[N+]=[N-])C2=O. The van der Waals surface area contributed by atoms with Crippen molar-refractivity contribution in [2.24, 2.45) is 0 Å². The fourth-order valence-corrected chi connectivity index (χ4v) is 2.98. The number of sulfone groups is 1. The van der Waals surface area contributed by atoms with E-state index >= 15 is 0 Å². The number of carbonyl (C=O) groups is 1. The van der Waals surface area contributed by atoms with E-state index < -0.39 is 15.6 Å². The molecule has 2 rings (SSSR count). The van der Waals surface area contributed by atoms with E-state index in [9.17, 15) is 13.2 Å². The number of hydrogen-bond acceptors (Lipinski definition) is 3. The van der Waals surface area contributed by atoms with E-state index in [4.69, 9.17) is 5.53 Å². The lowest BCUT2D eigenvalue weighted by atomic mass is 9.89. The zero-order valence-corrected chi connectivity index (χ0v) is 9.99. The smallest absolute Gasteiger partial charge is 0.339 e. The third-order valence-corrected chi connectivity index (χ3v) is 3.95. The molecular formula is C11H10N2O3S. The maximum absolute atomic E-state index is 11.8. The van der Waals surface area contributed by atoms with Crippen molar-refractivity contribution in [3.05, 3.63) is 34.9 Å². The minimum absolute atomic E-state index is 0.0724. The Hall–Kier alpha value is -1.78. The van der Waals surface area contributed by atoms with Crippen molar-refractivity contribution < 1.29 is 18.0 Å². The van der Waals surface area contributed by atoms with E-state index in [0.717, 1.165) is 6.26 Å². The fourth-order valence-electron chi connectivity index (χ4n) is 1.99. The number of ketones is 1. The van der Waals surface area contributed by atoms with Crippen LogP contribution in [-0.4, -0.2) is 31.0 Å². The van der Waals surface area contributed by atoms with Crippen LogP contribution in [0.4, 0.5) is 0 Å². The van der Waals surface area contributed by atoms with Gasteiger partial charge in [0.2, 0.25) is 0 Å². The van der Waals surface area contributed by atoms with Crippen LogP contribution in [0.15, 0.2) is 23.1 Å². The summed E-state index contributed by atoms with van der Waals surface area (Å²) < 4.78 is 23.1. The average molecular weight is 250 g/mol. The monoisotopic (exact) mass is 250 g/mol. The second kappa shape index (κ2) is 3.91. The van der Waals surface area contributed by atoms with Gasteiger partial charge in [-0.2, -0.15) is 4.79 Å². The van der Waals surface area contributed by atoms with Crippen molar-refractivity contribution in [1.82, 2.24) is 0 Å². The lowest BCUT2D eigenvalue weighted by molar-refractivity contribution is -0.00947. The predicted octanol–water partition coefficient (Wildman–Crippen LogP) is 0.890. The quantitative estimate of drug-likeness (QED) is 0.547. The van der Waals surface area contributed by atoms with E-state index in [2.05, 4.69) is 4.79 Å². The lowest BCUT2D eigenvalue weighted by Gasteiger charge is -2.14. The van der Waals surface area contributed by atoms with Crippen LogP contribution in [0.2, 0.25) is 0 Å². The van der Waals surface area contributed by atoms with Gasteiger partial charge in [-0.25, -0.2) is 8.42 Å². The molecule has 0 atom stereocenters. The standard InChI is InChI=1S/C11H10N2O3S/c1-17(15,16)10-4-2-3-8-7(10)5-6-9(13-12)11(8)14/h2-4H,5-6H2,1H3. The Bertz CT molecular complexity index is 655. The summed E-state index contributed by atoms with van der Waals surface area (Å²) in [6.45, 7) is 0. The van der Waals surface area contributed by atoms with Gasteiger partial charge in [-0.3, -0.25) is 4.79 Å². The second-order valence-electron chi connectivity index (χ2n) is 3.93. The second-order valence-corrected chi connectivity index (χ2v) is 5.91. The highest BCUT2D eigenvalue weighted by Crippen LogP contribution is 2.25. The first-order chi connectivity index (χ1) is 7.95. The Balaban J connectivity index is 2.72. The zero-order valence-electron chi connectivity index (χ0n) is 9.17. The van der Waals surface area contributed by atoms with E-state index in [1.54, 1.807) is 6.07 Å². The van der Waals surface area contributed by atoms with Crippen molar-refractivity contribution in [3.63, 3.8) is 0 Å². The summed E-state index contributed by atoms with van der Waals surface area (Å²) >= 11 is 0. The molecule has 0 saturated carbocycles. The van der Waals surface area contributed by atoms with Crippen molar-refractivity contribution >= 4 is 21.3 Å². The molecule has 0 amide bonds. The van der Waals surface area contributed by atoms with Gasteiger partial charge >= 0.3 is 5.71 Å². The van der Waals surface area contributed by atoms with Gasteiger partial charge in [-0.15, -0.1) is 0 Å². The van der Waals surface area contributed by atoms with Crippen molar-refractivity contribution in [3.8, 4) is 0 Å². The molecule has 0 N–H and O–H groups in total. The number of fused-ring (bicyclic) bond motifs is 1. The summed E-state index contributed by atoms with van der Waals surface area (Å²) in [5.74, 6) is -0.403. The summed E-state index contributed by atoms with van der Waals surface area (Å²) in [5, 5.41) is 0. The molecular weight excluding hydrogens is 240 g/mol. The molecule has 0 spiro atoms. The number of benzene rings is 1. The molecule has 0 unspecified atom stereocenters. The third-order valence-electron chi connectivity index (χ3n) is 2.77. The molecule has 5 nitrogen and oxygen atoms in total. The van der Waals surface area contributed by atoms with Crippen LogP contribution in [0, 0.1) is 0 Å². The molecule has 0 bridgehead atoms. The molecule has 1 aromatic rings. The molecule has 17 heavy (non-hydrogen) atoms. The van der Waals surface area contributed by atoms with Gasteiger partial charge in [0.25, 0.3) is 5.78 Å². The maximum atomic E-state index is 11.8. The molecule has 0 heterocycles. The molecule has 0 aromatic heterocycles. The van der Waals surface area contributed by atoms with Crippen LogP contribution in [0.5, 0.6) is 0 Å². The predicted molar refractivity (Wildman–Crippen MR) is 60.8 cm³/mol. The molecule has 1 aliphatic carbocycles. The van der Waals surface area contributed by atoms with E-state index in [1.807, 2.05) is 0 Å². The van der Waals surface area contributed by atoms with Crippen LogP contribution >= 0.6 is 0 Å². The van der Waals surface area contributed by atoms with Crippen LogP contribution in [0.3, 0.4) is 0 Å². The summed E-state index contributed by atoms with van der Waals surface area (Å²) in [5.41, 5.74) is 9.57. The highest BCUT2D eigenvalue weighted by molar-refractivity contribution is 7.90. The molecule has 0 fully saturated rings. The Kier molecular flexibility index (Phi) is 2.69. The Morgan fingerprint density at radius 3 is 2.59 bits per heavy atom. The molecule has 0 saturated heterocycles. The summed E-state index contributed by atoms with van der Waals surface area (Å²) in [4.78, 5) is 15.0. The summed E-state index contributed by atoms with van der Waals surface area (Å²) in [6, 6.07) is 4.56. The van der Waals surface area contributed by atoms with Crippen LogP contribution < -0.4 is 0 Å². The first-order valence-corrected chi connectivity index (χ1v) is 6.92. The van der Waals surface area contributed by atoms with Gasteiger partial charge in [0.1, 0.15) is 0 Å². The van der Waals surface area contributed by atoms with E-state index in [1.165, 1.54) is 12.1 Å². The van der Waals surface area contributed by atoms with Gasteiger partial charge in [-0.1, -0.05) is 12.1 Å². The largest absolute Gasteiger partial charge is 0.361 e. The topological polar surface area (TPSA) is 87.6 Å². The summed E-state index contributed by atoms with van der Waals surface area (Å²) in [6.07, 6.45) is 1.77. The van der Waals surface area contributed by atoms with Gasteiger partial charge in [0, 0.05) is 11.8 Å². The van der Waals surface area contributed by atoms with Gasteiger partial charge < -0.3 is 5.53 Å². The van der Waals surface area contributed by atoms with Gasteiger partial charge in [0.05, 0.1) is 11.3 Å². The molecule has 88 valence electrons. The zero-order chi connectivity index (χ0) is 12.6. The Morgan fingerprint density at radius 1 is 1.29 bits per heavy atom. The van der Waals surface area contributed by atoms with E-state index in [-0.39, 0.29) is 17.0 Å². The Morgan fingerprint density at radius 2 is 2.00 bits per heavy atom. The highest BCUT2D eigenvalue weighted by atomic mass is 32.2. The highest BCUT2D eigenvalue weighted by Gasteiger charge is 2.32. The number of hydrogen-bond donors (Lipinski definition) is 0. The normalized spacial score (nSPS) is 15.4. The fraction of sp³-hybridized carbons (Fsp3) is 0.273. The number of Topliss-reactive ketones (excluding diaryl/α,β-unsaturated/α-hetero) is 1.